The molecule has 0 unspecified atom stereocenters. The van der Waals surface area contributed by atoms with Crippen LogP contribution in [0.3, 0.4) is 0 Å². The molecule has 1 fully saturated rings. The summed E-state index contributed by atoms with van der Waals surface area (Å²) in [6.07, 6.45) is 0. The Balaban J connectivity index is 1.86. The average molecular weight is 256 g/mol. The Hall–Kier alpha value is -0.810. The van der Waals surface area contributed by atoms with Crippen LogP contribution in [0.4, 0.5) is 5.69 Å². The van der Waals surface area contributed by atoms with E-state index in [1.165, 1.54) is 5.69 Å². The second-order valence-electron chi connectivity index (χ2n) is 4.18. The fourth-order valence-electron chi connectivity index (χ4n) is 2.08. The summed E-state index contributed by atoms with van der Waals surface area (Å²) in [6.45, 7) is 5.61. The molecule has 1 aromatic carbocycles. The van der Waals surface area contributed by atoms with Crippen molar-refractivity contribution in [3.8, 4) is 0 Å². The number of halogens is 1. The molecule has 4 nitrogen and oxygen atoms in total. The van der Waals surface area contributed by atoms with Crippen LogP contribution in [-0.2, 0) is 4.84 Å². The molecule has 1 aromatic rings. The molecule has 0 spiro atoms. The molecular weight excluding hydrogens is 238 g/mol. The molecule has 2 N–H and O–H groups in total. The molecule has 5 heteroatoms. The summed E-state index contributed by atoms with van der Waals surface area (Å²) in [5, 5.41) is 0.793. The largest absolute Gasteiger partial charge is 0.369 e. The van der Waals surface area contributed by atoms with Gasteiger partial charge in [0, 0.05) is 43.4 Å². The van der Waals surface area contributed by atoms with Crippen LogP contribution in [0.2, 0.25) is 5.02 Å². The van der Waals surface area contributed by atoms with Crippen LogP contribution in [0.25, 0.3) is 0 Å². The number of anilines is 1. The van der Waals surface area contributed by atoms with Crippen molar-refractivity contribution in [1.29, 1.82) is 0 Å². The lowest BCUT2D eigenvalue weighted by Gasteiger charge is -2.35. The van der Waals surface area contributed by atoms with Gasteiger partial charge in [0.1, 0.15) is 0 Å². The smallest absolute Gasteiger partial charge is 0.0806 e. The predicted molar refractivity (Wildman–Crippen MR) is 70.2 cm³/mol. The zero-order valence-corrected chi connectivity index (χ0v) is 10.6. The van der Waals surface area contributed by atoms with Crippen molar-refractivity contribution in [1.82, 2.24) is 4.90 Å². The summed E-state index contributed by atoms with van der Waals surface area (Å²) in [6, 6.07) is 8.01. The molecule has 0 aromatic heterocycles. The van der Waals surface area contributed by atoms with Crippen molar-refractivity contribution in [2.45, 2.75) is 0 Å². The van der Waals surface area contributed by atoms with Crippen LogP contribution in [0.5, 0.6) is 0 Å². The number of rotatable bonds is 4. The van der Waals surface area contributed by atoms with Gasteiger partial charge in [-0.2, -0.15) is 0 Å². The molecule has 0 saturated carbocycles. The first-order chi connectivity index (χ1) is 8.29. The van der Waals surface area contributed by atoms with E-state index in [1.54, 1.807) is 0 Å². The summed E-state index contributed by atoms with van der Waals surface area (Å²) >= 11 is 5.99. The van der Waals surface area contributed by atoms with Gasteiger partial charge in [-0.1, -0.05) is 17.7 Å². The average Bonchev–Trinajstić information content (AvgIpc) is 2.37. The van der Waals surface area contributed by atoms with E-state index < -0.39 is 0 Å². The van der Waals surface area contributed by atoms with Crippen molar-refractivity contribution in [3.05, 3.63) is 29.3 Å². The van der Waals surface area contributed by atoms with Crippen LogP contribution in [0.15, 0.2) is 24.3 Å². The van der Waals surface area contributed by atoms with E-state index >= 15 is 0 Å². The fraction of sp³-hybridized carbons (Fsp3) is 0.500. The highest BCUT2D eigenvalue weighted by Gasteiger charge is 2.16. The molecule has 2 rings (SSSR count). The molecule has 1 saturated heterocycles. The van der Waals surface area contributed by atoms with Crippen molar-refractivity contribution in [2.75, 3.05) is 44.2 Å². The first kappa shape index (κ1) is 12.6. The quantitative estimate of drug-likeness (QED) is 0.825. The van der Waals surface area contributed by atoms with Crippen molar-refractivity contribution in [3.63, 3.8) is 0 Å². The SMILES string of the molecule is NOCCN1CCN(c2cccc(Cl)c2)CC1. The summed E-state index contributed by atoms with van der Waals surface area (Å²) < 4.78 is 0. The molecular formula is C12H18ClN3O. The molecule has 0 atom stereocenters. The predicted octanol–water partition coefficient (Wildman–Crippen LogP) is 1.35. The number of piperazine rings is 1. The third-order valence-corrected chi connectivity index (χ3v) is 3.31. The first-order valence-corrected chi connectivity index (χ1v) is 6.22. The normalized spacial score (nSPS) is 17.4. The Bertz CT molecular complexity index is 353. The molecule has 1 heterocycles. The number of nitrogens with two attached hydrogens (primary N) is 1. The minimum Gasteiger partial charge on any atom is -0.369 e. The Morgan fingerprint density at radius 1 is 1.24 bits per heavy atom. The number of benzene rings is 1. The van der Waals surface area contributed by atoms with Gasteiger partial charge in [-0.3, -0.25) is 4.90 Å². The first-order valence-electron chi connectivity index (χ1n) is 5.84. The summed E-state index contributed by atoms with van der Waals surface area (Å²) in [7, 11) is 0. The Kier molecular flexibility index (Phi) is 4.62. The second-order valence-corrected chi connectivity index (χ2v) is 4.62. The van der Waals surface area contributed by atoms with Gasteiger partial charge < -0.3 is 9.74 Å². The van der Waals surface area contributed by atoms with Gasteiger partial charge in [-0.05, 0) is 18.2 Å². The Morgan fingerprint density at radius 3 is 2.65 bits per heavy atom. The van der Waals surface area contributed by atoms with Gasteiger partial charge in [0.15, 0.2) is 0 Å². The Labute approximate surface area is 107 Å². The minimum absolute atomic E-state index is 0.594. The van der Waals surface area contributed by atoms with Crippen molar-refractivity contribution >= 4 is 17.3 Å². The fourth-order valence-corrected chi connectivity index (χ4v) is 2.27. The van der Waals surface area contributed by atoms with E-state index in [-0.39, 0.29) is 0 Å². The van der Waals surface area contributed by atoms with Crippen LogP contribution in [0, 0.1) is 0 Å². The number of hydrogen-bond acceptors (Lipinski definition) is 4. The van der Waals surface area contributed by atoms with E-state index in [9.17, 15) is 0 Å². The summed E-state index contributed by atoms with van der Waals surface area (Å²) in [5.74, 6) is 5.03. The van der Waals surface area contributed by atoms with Gasteiger partial charge in [0.05, 0.1) is 6.61 Å². The molecule has 1 aliphatic heterocycles. The monoisotopic (exact) mass is 255 g/mol. The molecule has 1 aliphatic rings. The van der Waals surface area contributed by atoms with E-state index in [0.29, 0.717) is 6.61 Å². The van der Waals surface area contributed by atoms with E-state index in [1.807, 2.05) is 18.2 Å². The summed E-state index contributed by atoms with van der Waals surface area (Å²) in [4.78, 5) is 9.31. The van der Waals surface area contributed by atoms with Gasteiger partial charge in [-0.25, -0.2) is 5.90 Å². The lowest BCUT2D eigenvalue weighted by molar-refractivity contribution is 0.103. The lowest BCUT2D eigenvalue weighted by Crippen LogP contribution is -2.47. The molecule has 17 heavy (non-hydrogen) atoms. The van der Waals surface area contributed by atoms with E-state index in [0.717, 1.165) is 37.7 Å². The minimum atomic E-state index is 0.594. The highest BCUT2D eigenvalue weighted by molar-refractivity contribution is 6.30. The van der Waals surface area contributed by atoms with Crippen molar-refractivity contribution < 1.29 is 4.84 Å². The maximum Gasteiger partial charge on any atom is 0.0806 e. The topological polar surface area (TPSA) is 41.7 Å². The zero-order valence-electron chi connectivity index (χ0n) is 9.81. The third-order valence-electron chi connectivity index (χ3n) is 3.07. The van der Waals surface area contributed by atoms with Crippen LogP contribution in [0.1, 0.15) is 0 Å². The third kappa shape index (κ3) is 3.57. The Morgan fingerprint density at radius 2 is 2.00 bits per heavy atom. The lowest BCUT2D eigenvalue weighted by atomic mass is 10.2. The second kappa shape index (κ2) is 6.21. The highest BCUT2D eigenvalue weighted by Crippen LogP contribution is 2.20. The van der Waals surface area contributed by atoms with Gasteiger partial charge >= 0.3 is 0 Å². The standard InChI is InChI=1S/C12H18ClN3O/c13-11-2-1-3-12(10-11)16-6-4-15(5-7-16)8-9-17-14/h1-3,10H,4-9,14H2. The maximum absolute atomic E-state index is 5.99. The van der Waals surface area contributed by atoms with Crippen LogP contribution >= 0.6 is 11.6 Å². The molecule has 94 valence electrons. The van der Waals surface area contributed by atoms with Crippen LogP contribution < -0.4 is 10.8 Å². The number of hydrogen-bond donors (Lipinski definition) is 1. The van der Waals surface area contributed by atoms with Crippen LogP contribution in [-0.4, -0.2) is 44.2 Å². The number of nitrogens with zero attached hydrogens (tertiary/aromatic N) is 2. The van der Waals surface area contributed by atoms with E-state index in [2.05, 4.69) is 20.7 Å². The molecule has 0 amide bonds. The summed E-state index contributed by atoms with van der Waals surface area (Å²) in [5.41, 5.74) is 1.20. The highest BCUT2D eigenvalue weighted by atomic mass is 35.5. The van der Waals surface area contributed by atoms with Gasteiger partial charge in [0.25, 0.3) is 0 Å². The van der Waals surface area contributed by atoms with Gasteiger partial charge in [-0.15, -0.1) is 0 Å². The van der Waals surface area contributed by atoms with Gasteiger partial charge in [0.2, 0.25) is 0 Å². The maximum atomic E-state index is 5.99. The van der Waals surface area contributed by atoms with E-state index in [4.69, 9.17) is 17.5 Å². The zero-order chi connectivity index (χ0) is 12.1. The van der Waals surface area contributed by atoms with Crippen molar-refractivity contribution in [2.24, 2.45) is 5.90 Å². The molecule has 0 aliphatic carbocycles. The molecule has 0 radical (unpaired) electrons. The molecule has 0 bridgehead atoms.